The quantitative estimate of drug-likeness (QED) is 0.771. The normalized spacial score (nSPS) is 20.5. The molecule has 0 unspecified atom stereocenters. The topological polar surface area (TPSA) is 75.4 Å². The van der Waals surface area contributed by atoms with E-state index in [0.29, 0.717) is 24.8 Å². The summed E-state index contributed by atoms with van der Waals surface area (Å²) in [5.74, 6) is -0.890. The largest absolute Gasteiger partial charge is 0.350 e. The van der Waals surface area contributed by atoms with E-state index in [2.05, 4.69) is 5.32 Å². The lowest BCUT2D eigenvalue weighted by molar-refractivity contribution is -0.131. The molecule has 0 aromatic heterocycles. The first-order valence-electron chi connectivity index (χ1n) is 6.67. The van der Waals surface area contributed by atoms with Gasteiger partial charge in [-0.2, -0.15) is 0 Å². The van der Waals surface area contributed by atoms with Crippen LogP contribution < -0.4 is 11.1 Å². The lowest BCUT2D eigenvalue weighted by atomic mass is 9.86. The lowest BCUT2D eigenvalue weighted by Gasteiger charge is -2.38. The maximum Gasteiger partial charge on any atom is 0.239 e. The molecule has 114 valence electrons. The molecule has 0 saturated heterocycles. The van der Waals surface area contributed by atoms with Gasteiger partial charge in [-0.05, 0) is 18.9 Å². The van der Waals surface area contributed by atoms with Crippen molar-refractivity contribution in [1.82, 2.24) is 10.2 Å². The molecular weight excluding hydrogens is 297 g/mol. The zero-order valence-electron chi connectivity index (χ0n) is 11.4. The number of hydrogen-bond acceptors (Lipinski definition) is 3. The van der Waals surface area contributed by atoms with Crippen LogP contribution in [0.3, 0.4) is 0 Å². The van der Waals surface area contributed by atoms with Crippen molar-refractivity contribution in [2.75, 3.05) is 6.54 Å². The van der Waals surface area contributed by atoms with Crippen LogP contribution in [0, 0.1) is 5.82 Å². The fourth-order valence-electron chi connectivity index (χ4n) is 2.25. The number of hydrogen-bond donors (Lipinski definition) is 2. The molecule has 0 heterocycles. The number of rotatable bonds is 6. The van der Waals surface area contributed by atoms with Crippen molar-refractivity contribution in [3.8, 4) is 0 Å². The third kappa shape index (κ3) is 3.92. The minimum absolute atomic E-state index is 0.0136. The van der Waals surface area contributed by atoms with Gasteiger partial charge < -0.3 is 16.0 Å². The molecule has 3 N–H and O–H groups in total. The van der Waals surface area contributed by atoms with Gasteiger partial charge in [-0.3, -0.25) is 9.59 Å². The van der Waals surface area contributed by atoms with Crippen molar-refractivity contribution in [1.29, 1.82) is 0 Å². The van der Waals surface area contributed by atoms with Crippen LogP contribution in [0.5, 0.6) is 0 Å². The van der Waals surface area contributed by atoms with E-state index < -0.39 is 5.82 Å². The number of halogens is 2. The van der Waals surface area contributed by atoms with Gasteiger partial charge in [0.25, 0.3) is 0 Å². The second-order valence-corrected chi connectivity index (χ2v) is 5.56. The number of amides is 2. The highest BCUT2D eigenvalue weighted by atomic mass is 35.5. The molecule has 2 rings (SSSR count). The predicted octanol–water partition coefficient (Wildman–Crippen LogP) is 1.04. The van der Waals surface area contributed by atoms with E-state index in [-0.39, 0.29) is 36.1 Å². The highest BCUT2D eigenvalue weighted by molar-refractivity contribution is 6.30. The molecular formula is C14H17ClFN3O2. The van der Waals surface area contributed by atoms with Crippen molar-refractivity contribution < 1.29 is 14.0 Å². The molecule has 1 aliphatic carbocycles. The first kappa shape index (κ1) is 15.7. The summed E-state index contributed by atoms with van der Waals surface area (Å²) in [4.78, 5) is 24.2. The van der Waals surface area contributed by atoms with Crippen molar-refractivity contribution in [2.24, 2.45) is 5.73 Å². The average Bonchev–Trinajstić information content (AvgIpc) is 2.43. The molecule has 0 spiro atoms. The molecule has 0 atom stereocenters. The van der Waals surface area contributed by atoms with E-state index in [1.807, 2.05) is 0 Å². The van der Waals surface area contributed by atoms with E-state index in [1.54, 1.807) is 12.1 Å². The molecule has 1 aromatic rings. The van der Waals surface area contributed by atoms with Crippen molar-refractivity contribution in [3.05, 3.63) is 34.6 Å². The minimum Gasteiger partial charge on any atom is -0.350 e. The van der Waals surface area contributed by atoms with E-state index in [0.717, 1.165) is 0 Å². The maximum atomic E-state index is 13.7. The fourth-order valence-corrected chi connectivity index (χ4v) is 2.45. The van der Waals surface area contributed by atoms with Crippen molar-refractivity contribution in [3.63, 3.8) is 0 Å². The van der Waals surface area contributed by atoms with Crippen LogP contribution in [0.15, 0.2) is 18.2 Å². The second-order valence-electron chi connectivity index (χ2n) is 5.15. The SMILES string of the molecule is N[C@H]1C[C@@H](N(C=O)CC(=O)NCc2cccc(Cl)c2F)C1. The van der Waals surface area contributed by atoms with Gasteiger partial charge in [0.15, 0.2) is 0 Å². The first-order valence-corrected chi connectivity index (χ1v) is 7.05. The Kier molecular flexibility index (Phi) is 5.14. The van der Waals surface area contributed by atoms with Gasteiger partial charge in [-0.25, -0.2) is 4.39 Å². The third-order valence-corrected chi connectivity index (χ3v) is 3.88. The van der Waals surface area contributed by atoms with E-state index in [1.165, 1.54) is 11.0 Å². The molecule has 5 nitrogen and oxygen atoms in total. The van der Waals surface area contributed by atoms with E-state index in [9.17, 15) is 14.0 Å². The number of benzene rings is 1. The summed E-state index contributed by atoms with van der Waals surface area (Å²) in [6, 6.07) is 4.72. The number of nitrogens with two attached hydrogens (primary N) is 1. The Morgan fingerprint density at radius 3 is 2.86 bits per heavy atom. The molecule has 1 fully saturated rings. The Hall–Kier alpha value is -1.66. The summed E-state index contributed by atoms with van der Waals surface area (Å²) in [6.07, 6.45) is 2.06. The van der Waals surface area contributed by atoms with Gasteiger partial charge in [0.2, 0.25) is 12.3 Å². The maximum absolute atomic E-state index is 13.7. The summed E-state index contributed by atoms with van der Waals surface area (Å²) in [5.41, 5.74) is 5.97. The Bertz CT molecular complexity index is 535. The Morgan fingerprint density at radius 2 is 2.24 bits per heavy atom. The number of carbonyl (C=O) groups excluding carboxylic acids is 2. The molecule has 0 bridgehead atoms. The molecule has 1 saturated carbocycles. The molecule has 0 aliphatic heterocycles. The Labute approximate surface area is 127 Å². The van der Waals surface area contributed by atoms with Crippen LogP contribution in [0.25, 0.3) is 0 Å². The minimum atomic E-state index is -0.545. The monoisotopic (exact) mass is 313 g/mol. The summed E-state index contributed by atoms with van der Waals surface area (Å²) >= 11 is 5.66. The third-order valence-electron chi connectivity index (χ3n) is 3.59. The van der Waals surface area contributed by atoms with Crippen LogP contribution in [-0.4, -0.2) is 35.8 Å². The van der Waals surface area contributed by atoms with Gasteiger partial charge in [0, 0.05) is 24.2 Å². The molecule has 1 aromatic carbocycles. The number of carbonyl (C=O) groups is 2. The second kappa shape index (κ2) is 6.87. The zero-order valence-corrected chi connectivity index (χ0v) is 12.1. The van der Waals surface area contributed by atoms with E-state index >= 15 is 0 Å². The van der Waals surface area contributed by atoms with Gasteiger partial charge in [-0.15, -0.1) is 0 Å². The first-order chi connectivity index (χ1) is 10.0. The van der Waals surface area contributed by atoms with Crippen LogP contribution in [0.4, 0.5) is 4.39 Å². The van der Waals surface area contributed by atoms with Crippen LogP contribution in [-0.2, 0) is 16.1 Å². The standard InChI is InChI=1S/C14H17ClFN3O2/c15-12-3-1-2-9(14(12)16)6-18-13(21)7-19(8-20)11-4-10(17)5-11/h1-3,8,10-11H,4-7,17H2,(H,18,21)/t10-,11+. The summed E-state index contributed by atoms with van der Waals surface area (Å²) < 4.78 is 13.7. The van der Waals surface area contributed by atoms with Gasteiger partial charge in [-0.1, -0.05) is 23.7 Å². The lowest BCUT2D eigenvalue weighted by Crippen LogP contribution is -2.52. The van der Waals surface area contributed by atoms with Crippen LogP contribution >= 0.6 is 11.6 Å². The summed E-state index contributed by atoms with van der Waals surface area (Å²) in [7, 11) is 0. The van der Waals surface area contributed by atoms with Crippen LogP contribution in [0.2, 0.25) is 5.02 Å². The van der Waals surface area contributed by atoms with Crippen molar-refractivity contribution in [2.45, 2.75) is 31.5 Å². The number of nitrogens with one attached hydrogen (secondary N) is 1. The number of nitrogens with zero attached hydrogens (tertiary/aromatic N) is 1. The van der Waals surface area contributed by atoms with Crippen molar-refractivity contribution >= 4 is 23.9 Å². The zero-order chi connectivity index (χ0) is 15.4. The predicted molar refractivity (Wildman–Crippen MR) is 77.0 cm³/mol. The summed E-state index contributed by atoms with van der Waals surface area (Å²) in [5, 5.41) is 2.59. The van der Waals surface area contributed by atoms with Gasteiger partial charge in [0.1, 0.15) is 5.82 Å². The molecule has 1 aliphatic rings. The molecule has 21 heavy (non-hydrogen) atoms. The molecule has 7 heteroatoms. The Balaban J connectivity index is 1.84. The Morgan fingerprint density at radius 1 is 1.52 bits per heavy atom. The highest BCUT2D eigenvalue weighted by Crippen LogP contribution is 2.22. The average molecular weight is 314 g/mol. The van der Waals surface area contributed by atoms with Crippen LogP contribution in [0.1, 0.15) is 18.4 Å². The highest BCUT2D eigenvalue weighted by Gasteiger charge is 2.31. The molecule has 0 radical (unpaired) electrons. The fraction of sp³-hybridized carbons (Fsp3) is 0.429. The van der Waals surface area contributed by atoms with E-state index in [4.69, 9.17) is 17.3 Å². The van der Waals surface area contributed by atoms with Gasteiger partial charge >= 0.3 is 0 Å². The smallest absolute Gasteiger partial charge is 0.239 e. The van der Waals surface area contributed by atoms with Gasteiger partial charge in [0.05, 0.1) is 11.6 Å². The summed E-state index contributed by atoms with van der Waals surface area (Å²) in [6.45, 7) is -0.0226. The molecule has 2 amide bonds.